The van der Waals surface area contributed by atoms with Crippen molar-refractivity contribution in [2.75, 3.05) is 11.9 Å². The van der Waals surface area contributed by atoms with Gasteiger partial charge in [-0.1, -0.05) is 67.1 Å². The summed E-state index contributed by atoms with van der Waals surface area (Å²) in [7, 11) is 0. The monoisotopic (exact) mass is 531 g/mol. The molecule has 1 fully saturated rings. The van der Waals surface area contributed by atoms with Gasteiger partial charge in [-0.3, -0.25) is 9.36 Å². The summed E-state index contributed by atoms with van der Waals surface area (Å²) in [5.74, 6) is 0.159. The number of nitrogens with one attached hydrogen (secondary N) is 1. The van der Waals surface area contributed by atoms with E-state index in [1.807, 2.05) is 49.4 Å². The van der Waals surface area contributed by atoms with Crippen LogP contribution in [0.2, 0.25) is 0 Å². The molecule has 2 aromatic heterocycles. The molecule has 10 nitrogen and oxygen atoms in total. The van der Waals surface area contributed by atoms with E-state index in [1.165, 1.54) is 12.7 Å². The third-order valence-electron chi connectivity index (χ3n) is 7.04. The number of aryl methyl sites for hydroxylation is 2. The summed E-state index contributed by atoms with van der Waals surface area (Å²) >= 11 is 0. The number of benzene rings is 2. The summed E-state index contributed by atoms with van der Waals surface area (Å²) in [6.45, 7) is 3.92. The van der Waals surface area contributed by atoms with E-state index in [9.17, 15) is 15.0 Å². The number of fused-ring (bicyclic) bond motifs is 1. The van der Waals surface area contributed by atoms with E-state index in [0.29, 0.717) is 23.4 Å². The van der Waals surface area contributed by atoms with E-state index in [2.05, 4.69) is 39.3 Å². The van der Waals surface area contributed by atoms with E-state index in [1.54, 1.807) is 4.57 Å². The molecule has 0 bridgehead atoms. The molecule has 0 aliphatic carbocycles. The quantitative estimate of drug-likeness (QED) is 0.263. The van der Waals surface area contributed by atoms with Gasteiger partial charge in [0.1, 0.15) is 31.2 Å². The van der Waals surface area contributed by atoms with Crippen LogP contribution in [-0.4, -0.2) is 60.6 Å². The first-order valence-corrected chi connectivity index (χ1v) is 13.2. The molecule has 1 saturated heterocycles. The Morgan fingerprint density at radius 2 is 1.85 bits per heavy atom. The van der Waals surface area contributed by atoms with Crippen LogP contribution in [0.1, 0.15) is 48.7 Å². The second kappa shape index (κ2) is 11.9. The Kier molecular flexibility index (Phi) is 8.16. The van der Waals surface area contributed by atoms with Gasteiger partial charge in [-0.25, -0.2) is 15.0 Å². The largest absolute Gasteiger partial charge is 0.463 e. The number of aliphatic hydroxyl groups is 2. The van der Waals surface area contributed by atoms with Crippen LogP contribution >= 0.6 is 0 Å². The number of aliphatic hydroxyl groups excluding tert-OH is 2. The molecule has 0 saturated carbocycles. The van der Waals surface area contributed by atoms with Crippen LogP contribution in [0.4, 0.5) is 5.82 Å². The molecule has 39 heavy (non-hydrogen) atoms. The van der Waals surface area contributed by atoms with E-state index < -0.39 is 30.5 Å². The molecule has 5 rings (SSSR count). The Labute approximate surface area is 226 Å². The van der Waals surface area contributed by atoms with Crippen molar-refractivity contribution in [1.29, 1.82) is 0 Å². The lowest BCUT2D eigenvalue weighted by Crippen LogP contribution is -2.34. The number of imidazole rings is 1. The highest BCUT2D eigenvalue weighted by Crippen LogP contribution is 2.33. The third kappa shape index (κ3) is 5.93. The number of carbonyl (C=O) groups excluding carboxylic acids is 1. The lowest BCUT2D eigenvalue weighted by Gasteiger charge is -2.19. The van der Waals surface area contributed by atoms with Crippen molar-refractivity contribution in [3.63, 3.8) is 0 Å². The standard InChI is InChI=1S/C29H33N5O5/c1-3-21(20-7-5-4-6-8-20)33-27-24-28(31-16-30-27)34(17-32-24)29-26(37)25(36)22(39-29)15-38-23(35)14-13-19-11-9-18(2)10-12-19/h4-12,16-17,21-22,25-26,29,36-37H,3,13-15H2,1-2H3,(H,30,31,33)/t21-,22+,25-,26?,29+/m0/s1. The normalized spacial score (nSPS) is 21.6. The number of rotatable bonds is 10. The van der Waals surface area contributed by atoms with Crippen molar-refractivity contribution in [2.45, 2.75) is 63.7 Å². The van der Waals surface area contributed by atoms with E-state index in [-0.39, 0.29) is 19.1 Å². The predicted octanol–water partition coefficient (Wildman–Crippen LogP) is 3.49. The highest BCUT2D eigenvalue weighted by molar-refractivity contribution is 5.83. The zero-order valence-corrected chi connectivity index (χ0v) is 22.0. The topological polar surface area (TPSA) is 132 Å². The number of esters is 1. The molecule has 10 heteroatoms. The number of aromatic nitrogens is 4. The maximum atomic E-state index is 12.3. The lowest BCUT2D eigenvalue weighted by atomic mass is 10.0. The van der Waals surface area contributed by atoms with Gasteiger partial charge in [0.25, 0.3) is 0 Å². The minimum Gasteiger partial charge on any atom is -0.463 e. The zero-order chi connectivity index (χ0) is 27.4. The van der Waals surface area contributed by atoms with Crippen molar-refractivity contribution < 1.29 is 24.5 Å². The van der Waals surface area contributed by atoms with Gasteiger partial charge in [0.05, 0.1) is 12.4 Å². The summed E-state index contributed by atoms with van der Waals surface area (Å²) in [4.78, 5) is 25.5. The fourth-order valence-electron chi connectivity index (χ4n) is 4.76. The van der Waals surface area contributed by atoms with Gasteiger partial charge < -0.3 is 25.0 Å². The second-order valence-corrected chi connectivity index (χ2v) is 9.78. The fraction of sp³-hybridized carbons (Fsp3) is 0.379. The van der Waals surface area contributed by atoms with Gasteiger partial charge in [0.15, 0.2) is 23.2 Å². The Morgan fingerprint density at radius 1 is 1.08 bits per heavy atom. The summed E-state index contributed by atoms with van der Waals surface area (Å²) in [6.07, 6.45) is 0.149. The van der Waals surface area contributed by atoms with E-state index in [4.69, 9.17) is 9.47 Å². The number of hydrogen-bond donors (Lipinski definition) is 3. The summed E-state index contributed by atoms with van der Waals surface area (Å²) in [5.41, 5.74) is 4.29. The van der Waals surface area contributed by atoms with Crippen LogP contribution in [0.5, 0.6) is 0 Å². The average Bonchev–Trinajstić information content (AvgIpc) is 3.51. The van der Waals surface area contributed by atoms with Gasteiger partial charge in [0.2, 0.25) is 0 Å². The number of carbonyl (C=O) groups is 1. The molecule has 0 amide bonds. The minimum absolute atomic E-state index is 0.0228. The molecule has 3 N–H and O–H groups in total. The number of nitrogens with zero attached hydrogens (tertiary/aromatic N) is 4. The summed E-state index contributed by atoms with van der Waals surface area (Å²) in [6, 6.07) is 18.1. The Bertz CT molecular complexity index is 1390. The predicted molar refractivity (Wildman–Crippen MR) is 145 cm³/mol. The van der Waals surface area contributed by atoms with Crippen LogP contribution in [0.25, 0.3) is 11.2 Å². The summed E-state index contributed by atoms with van der Waals surface area (Å²) < 4.78 is 12.9. The first-order chi connectivity index (χ1) is 18.9. The molecule has 1 unspecified atom stereocenters. The van der Waals surface area contributed by atoms with Crippen LogP contribution in [0.3, 0.4) is 0 Å². The third-order valence-corrected chi connectivity index (χ3v) is 7.04. The average molecular weight is 532 g/mol. The van der Waals surface area contributed by atoms with Crippen LogP contribution in [0, 0.1) is 6.92 Å². The molecule has 4 aromatic rings. The van der Waals surface area contributed by atoms with Crippen LogP contribution in [0.15, 0.2) is 67.3 Å². The molecule has 204 valence electrons. The van der Waals surface area contributed by atoms with Crippen molar-refractivity contribution >= 4 is 23.0 Å². The maximum absolute atomic E-state index is 12.3. The van der Waals surface area contributed by atoms with Gasteiger partial charge in [-0.15, -0.1) is 0 Å². The molecule has 0 radical (unpaired) electrons. The number of anilines is 1. The van der Waals surface area contributed by atoms with Crippen LogP contribution in [-0.2, 0) is 20.7 Å². The molecule has 0 spiro atoms. The SMILES string of the molecule is CC[C@H](Nc1ncnc2c1ncn2[C@@H]1O[C@H](COC(=O)CCc2ccc(C)cc2)[C@H](O)C1O)c1ccccc1. The molecular formula is C29H33N5O5. The van der Waals surface area contributed by atoms with Gasteiger partial charge in [-0.05, 0) is 30.9 Å². The van der Waals surface area contributed by atoms with E-state index in [0.717, 1.165) is 23.1 Å². The second-order valence-electron chi connectivity index (χ2n) is 9.78. The minimum atomic E-state index is -1.27. The fourth-order valence-corrected chi connectivity index (χ4v) is 4.76. The molecule has 1 aliphatic rings. The Balaban J connectivity index is 1.24. The Hall–Kier alpha value is -3.86. The lowest BCUT2D eigenvalue weighted by molar-refractivity contribution is -0.150. The smallest absolute Gasteiger partial charge is 0.306 e. The molecule has 1 aliphatic heterocycles. The summed E-state index contributed by atoms with van der Waals surface area (Å²) in [5, 5.41) is 24.9. The number of ether oxygens (including phenoxy) is 2. The number of hydrogen-bond acceptors (Lipinski definition) is 9. The van der Waals surface area contributed by atoms with Gasteiger partial charge in [0, 0.05) is 6.42 Å². The highest BCUT2D eigenvalue weighted by Gasteiger charge is 2.45. The van der Waals surface area contributed by atoms with E-state index >= 15 is 0 Å². The first kappa shape index (κ1) is 26.7. The highest BCUT2D eigenvalue weighted by atomic mass is 16.6. The maximum Gasteiger partial charge on any atom is 0.306 e. The van der Waals surface area contributed by atoms with Gasteiger partial charge >= 0.3 is 5.97 Å². The molecular weight excluding hydrogens is 498 g/mol. The van der Waals surface area contributed by atoms with Crippen LogP contribution < -0.4 is 5.32 Å². The van der Waals surface area contributed by atoms with Crippen molar-refractivity contribution in [3.05, 3.63) is 83.9 Å². The van der Waals surface area contributed by atoms with Gasteiger partial charge in [-0.2, -0.15) is 0 Å². The van der Waals surface area contributed by atoms with Crippen molar-refractivity contribution in [1.82, 2.24) is 19.5 Å². The first-order valence-electron chi connectivity index (χ1n) is 13.2. The zero-order valence-electron chi connectivity index (χ0n) is 22.0. The molecule has 3 heterocycles. The molecule has 5 atom stereocenters. The van der Waals surface area contributed by atoms with Crippen molar-refractivity contribution in [2.24, 2.45) is 0 Å². The van der Waals surface area contributed by atoms with Crippen molar-refractivity contribution in [3.8, 4) is 0 Å². The Morgan fingerprint density at radius 3 is 2.59 bits per heavy atom. The molecule has 2 aromatic carbocycles.